The quantitative estimate of drug-likeness (QED) is 0.702. The maximum Gasteiger partial charge on any atom is 0.319 e. The number of unbranched alkanes of at least 4 members (excludes halogenated alkanes) is 1. The molecule has 0 bridgehead atoms. The summed E-state index contributed by atoms with van der Waals surface area (Å²) in [6.45, 7) is 2.68. The Hall–Kier alpha value is -1.75. The zero-order chi connectivity index (χ0) is 14.1. The average molecular weight is 284 g/mol. The van der Waals surface area contributed by atoms with E-state index < -0.39 is 0 Å². The van der Waals surface area contributed by atoms with Crippen LogP contribution in [0.4, 0.5) is 10.5 Å². The highest BCUT2D eigenvalue weighted by atomic mass is 35.5. The second-order valence-corrected chi connectivity index (χ2v) is 4.52. The van der Waals surface area contributed by atoms with Crippen molar-refractivity contribution in [3.05, 3.63) is 29.3 Å². The summed E-state index contributed by atoms with van der Waals surface area (Å²) >= 11 is 5.81. The molecule has 0 heterocycles. The highest BCUT2D eigenvalue weighted by Crippen LogP contribution is 2.14. The van der Waals surface area contributed by atoms with Gasteiger partial charge in [0.2, 0.25) is 5.91 Å². The molecule has 0 fully saturated rings. The molecule has 0 aromatic heterocycles. The van der Waals surface area contributed by atoms with E-state index in [1.165, 1.54) is 6.92 Å². The summed E-state index contributed by atoms with van der Waals surface area (Å²) in [5, 5.41) is 8.70. The van der Waals surface area contributed by atoms with Crippen LogP contribution in [0.25, 0.3) is 0 Å². The molecule has 104 valence electrons. The fourth-order valence-electron chi connectivity index (χ4n) is 1.46. The molecule has 0 radical (unpaired) electrons. The lowest BCUT2D eigenvalue weighted by Crippen LogP contribution is -2.30. The molecule has 0 aliphatic heterocycles. The third kappa shape index (κ3) is 7.31. The highest BCUT2D eigenvalue weighted by Gasteiger charge is 2.01. The van der Waals surface area contributed by atoms with Crippen molar-refractivity contribution in [3.8, 4) is 0 Å². The van der Waals surface area contributed by atoms with Crippen LogP contribution in [0, 0.1) is 0 Å². The smallest absolute Gasteiger partial charge is 0.319 e. The van der Waals surface area contributed by atoms with Crippen molar-refractivity contribution in [1.29, 1.82) is 0 Å². The minimum Gasteiger partial charge on any atom is -0.356 e. The molecule has 3 amide bonds. The average Bonchev–Trinajstić information content (AvgIpc) is 2.33. The van der Waals surface area contributed by atoms with Gasteiger partial charge in [-0.3, -0.25) is 4.79 Å². The SMILES string of the molecule is CC(=O)NCCCCNC(=O)Nc1cccc(Cl)c1. The van der Waals surface area contributed by atoms with Gasteiger partial charge in [-0.05, 0) is 31.0 Å². The first kappa shape index (κ1) is 15.3. The van der Waals surface area contributed by atoms with Crippen molar-refractivity contribution < 1.29 is 9.59 Å². The third-order valence-electron chi connectivity index (χ3n) is 2.35. The highest BCUT2D eigenvalue weighted by molar-refractivity contribution is 6.30. The van der Waals surface area contributed by atoms with Crippen molar-refractivity contribution in [3.63, 3.8) is 0 Å². The Morgan fingerprint density at radius 2 is 1.84 bits per heavy atom. The van der Waals surface area contributed by atoms with Crippen LogP contribution >= 0.6 is 11.6 Å². The fourth-order valence-corrected chi connectivity index (χ4v) is 1.65. The standard InChI is InChI=1S/C13H18ClN3O2/c1-10(18)15-7-2-3-8-16-13(19)17-12-6-4-5-11(14)9-12/h4-6,9H,2-3,7-8H2,1H3,(H,15,18)(H2,16,17,19). The number of halogens is 1. The number of nitrogens with one attached hydrogen (secondary N) is 3. The lowest BCUT2D eigenvalue weighted by atomic mass is 10.3. The predicted molar refractivity (Wildman–Crippen MR) is 76.4 cm³/mol. The molecule has 0 saturated carbocycles. The number of hydrogen-bond acceptors (Lipinski definition) is 2. The van der Waals surface area contributed by atoms with E-state index in [0.717, 1.165) is 12.8 Å². The zero-order valence-corrected chi connectivity index (χ0v) is 11.6. The molecule has 5 nitrogen and oxygen atoms in total. The number of amides is 3. The molecule has 0 aliphatic rings. The summed E-state index contributed by atoms with van der Waals surface area (Å²) in [6, 6.07) is 6.69. The summed E-state index contributed by atoms with van der Waals surface area (Å²) in [5.41, 5.74) is 0.656. The van der Waals surface area contributed by atoms with Crippen LogP contribution in [-0.4, -0.2) is 25.0 Å². The van der Waals surface area contributed by atoms with Gasteiger partial charge in [0, 0.05) is 30.7 Å². The molecule has 1 aromatic carbocycles. The van der Waals surface area contributed by atoms with Crippen molar-refractivity contribution in [1.82, 2.24) is 10.6 Å². The molecule has 0 atom stereocenters. The maximum absolute atomic E-state index is 11.5. The summed E-state index contributed by atoms with van der Waals surface area (Å²) in [4.78, 5) is 22.1. The molecule has 1 aromatic rings. The molecule has 19 heavy (non-hydrogen) atoms. The number of hydrogen-bond donors (Lipinski definition) is 3. The van der Waals surface area contributed by atoms with Gasteiger partial charge >= 0.3 is 6.03 Å². The summed E-state index contributed by atoms with van der Waals surface area (Å²) < 4.78 is 0. The Balaban J connectivity index is 2.13. The number of urea groups is 1. The van der Waals surface area contributed by atoms with Gasteiger partial charge in [0.15, 0.2) is 0 Å². The van der Waals surface area contributed by atoms with Crippen LogP contribution in [-0.2, 0) is 4.79 Å². The molecule has 0 spiro atoms. The van der Waals surface area contributed by atoms with Gasteiger partial charge in [0.1, 0.15) is 0 Å². The van der Waals surface area contributed by atoms with Crippen LogP contribution < -0.4 is 16.0 Å². The van der Waals surface area contributed by atoms with E-state index >= 15 is 0 Å². The van der Waals surface area contributed by atoms with Crippen LogP contribution in [0.3, 0.4) is 0 Å². The van der Waals surface area contributed by atoms with Crippen molar-refractivity contribution in [2.45, 2.75) is 19.8 Å². The lowest BCUT2D eigenvalue weighted by molar-refractivity contribution is -0.118. The van der Waals surface area contributed by atoms with Gasteiger partial charge in [0.05, 0.1) is 0 Å². The number of carbonyl (C=O) groups excluding carboxylic acids is 2. The maximum atomic E-state index is 11.5. The Kier molecular flexibility index (Phi) is 6.74. The fraction of sp³-hybridized carbons (Fsp3) is 0.385. The van der Waals surface area contributed by atoms with Gasteiger partial charge in [-0.1, -0.05) is 17.7 Å². The second-order valence-electron chi connectivity index (χ2n) is 4.08. The first-order valence-corrected chi connectivity index (χ1v) is 6.50. The Bertz CT molecular complexity index is 438. The van der Waals surface area contributed by atoms with Crippen LogP contribution in [0.2, 0.25) is 5.02 Å². The Labute approximate surface area is 117 Å². The van der Waals surface area contributed by atoms with Crippen LogP contribution in [0.1, 0.15) is 19.8 Å². The Morgan fingerprint density at radius 3 is 2.47 bits per heavy atom. The molecule has 1 rings (SSSR count). The Morgan fingerprint density at radius 1 is 1.16 bits per heavy atom. The van der Waals surface area contributed by atoms with E-state index in [0.29, 0.717) is 23.8 Å². The van der Waals surface area contributed by atoms with Gasteiger partial charge in [-0.25, -0.2) is 4.79 Å². The van der Waals surface area contributed by atoms with Gasteiger partial charge in [-0.15, -0.1) is 0 Å². The summed E-state index contributed by atoms with van der Waals surface area (Å²) in [7, 11) is 0. The van der Waals surface area contributed by atoms with Gasteiger partial charge in [-0.2, -0.15) is 0 Å². The van der Waals surface area contributed by atoms with Gasteiger partial charge in [0.25, 0.3) is 0 Å². The molecule has 6 heteroatoms. The molecule has 0 aliphatic carbocycles. The van der Waals surface area contributed by atoms with E-state index in [1.54, 1.807) is 24.3 Å². The molecular weight excluding hydrogens is 266 g/mol. The van der Waals surface area contributed by atoms with Crippen molar-refractivity contribution in [2.75, 3.05) is 18.4 Å². The largest absolute Gasteiger partial charge is 0.356 e. The molecule has 0 saturated heterocycles. The van der Waals surface area contributed by atoms with E-state index in [9.17, 15) is 9.59 Å². The van der Waals surface area contributed by atoms with Crippen molar-refractivity contribution >= 4 is 29.2 Å². The zero-order valence-electron chi connectivity index (χ0n) is 10.8. The van der Waals surface area contributed by atoms with E-state index in [2.05, 4.69) is 16.0 Å². The predicted octanol–water partition coefficient (Wildman–Crippen LogP) is 2.38. The van der Waals surface area contributed by atoms with Crippen LogP contribution in [0.15, 0.2) is 24.3 Å². The number of benzene rings is 1. The monoisotopic (exact) mass is 283 g/mol. The van der Waals surface area contributed by atoms with Crippen LogP contribution in [0.5, 0.6) is 0 Å². The first-order valence-electron chi connectivity index (χ1n) is 6.13. The van der Waals surface area contributed by atoms with Gasteiger partial charge < -0.3 is 16.0 Å². The van der Waals surface area contributed by atoms with E-state index in [-0.39, 0.29) is 11.9 Å². The lowest BCUT2D eigenvalue weighted by Gasteiger charge is -2.08. The summed E-state index contributed by atoms with van der Waals surface area (Å²) in [6.07, 6.45) is 1.64. The molecule has 3 N–H and O–H groups in total. The van der Waals surface area contributed by atoms with E-state index in [1.807, 2.05) is 0 Å². The molecule has 0 unspecified atom stereocenters. The first-order chi connectivity index (χ1) is 9.08. The summed E-state index contributed by atoms with van der Waals surface area (Å²) in [5.74, 6) is -0.0355. The number of carbonyl (C=O) groups is 2. The second kappa shape index (κ2) is 8.37. The minimum atomic E-state index is -0.262. The normalized spacial score (nSPS) is 9.79. The third-order valence-corrected chi connectivity index (χ3v) is 2.58. The van der Waals surface area contributed by atoms with Crippen molar-refractivity contribution in [2.24, 2.45) is 0 Å². The minimum absolute atomic E-state index is 0.0355. The topological polar surface area (TPSA) is 70.2 Å². The number of rotatable bonds is 6. The number of anilines is 1. The molecular formula is C13H18ClN3O2. The van der Waals surface area contributed by atoms with E-state index in [4.69, 9.17) is 11.6 Å².